The number of anilines is 3. The molecule has 35 heavy (non-hydrogen) atoms. The minimum Gasteiger partial charge on any atom is -0.326 e. The predicted molar refractivity (Wildman–Crippen MR) is 140 cm³/mol. The highest BCUT2D eigenvalue weighted by molar-refractivity contribution is 8.01. The zero-order valence-electron chi connectivity index (χ0n) is 18.6. The van der Waals surface area contributed by atoms with E-state index in [-0.39, 0.29) is 23.5 Å². The van der Waals surface area contributed by atoms with Gasteiger partial charge in [-0.05, 0) is 47.5 Å². The Morgan fingerprint density at radius 3 is 2.06 bits per heavy atom. The molecule has 0 atom stereocenters. The molecule has 0 radical (unpaired) electrons. The summed E-state index contributed by atoms with van der Waals surface area (Å²) in [5, 5.41) is 16.6. The highest BCUT2D eigenvalue weighted by atomic mass is 32.2. The van der Waals surface area contributed by atoms with Gasteiger partial charge in [0.1, 0.15) is 0 Å². The first kappa shape index (κ1) is 24.1. The van der Waals surface area contributed by atoms with Crippen molar-refractivity contribution in [2.45, 2.75) is 11.3 Å². The molecule has 4 aromatic rings. The maximum atomic E-state index is 12.6. The zero-order chi connectivity index (χ0) is 24.6. The quantitative estimate of drug-likeness (QED) is 0.226. The van der Waals surface area contributed by atoms with Gasteiger partial charge in [-0.2, -0.15) is 0 Å². The van der Waals surface area contributed by atoms with Crippen LogP contribution in [0.3, 0.4) is 0 Å². The van der Waals surface area contributed by atoms with Gasteiger partial charge < -0.3 is 10.6 Å². The molecule has 10 heteroatoms. The summed E-state index contributed by atoms with van der Waals surface area (Å²) >= 11 is 2.43. The molecule has 176 valence electrons. The van der Waals surface area contributed by atoms with E-state index in [2.05, 4.69) is 26.1 Å². The third-order valence-electron chi connectivity index (χ3n) is 4.70. The lowest BCUT2D eigenvalue weighted by atomic mass is 10.0. The van der Waals surface area contributed by atoms with Crippen LogP contribution >= 0.6 is 23.1 Å². The molecular formula is C25H21N5O3S2. The van der Waals surface area contributed by atoms with Crippen molar-refractivity contribution < 1.29 is 14.4 Å². The molecule has 1 aromatic heterocycles. The normalized spacial score (nSPS) is 10.4. The molecule has 0 aliphatic heterocycles. The van der Waals surface area contributed by atoms with Crippen molar-refractivity contribution >= 4 is 57.3 Å². The third-order valence-corrected chi connectivity index (χ3v) is 6.67. The van der Waals surface area contributed by atoms with Crippen LogP contribution in [0, 0.1) is 0 Å². The average molecular weight is 504 g/mol. The molecule has 0 bridgehead atoms. The number of thioether (sulfide) groups is 1. The smallest absolute Gasteiger partial charge is 0.257 e. The summed E-state index contributed by atoms with van der Waals surface area (Å²) in [5.41, 5.74) is 3.89. The molecule has 0 unspecified atom stereocenters. The van der Waals surface area contributed by atoms with Gasteiger partial charge in [0.05, 0.1) is 5.75 Å². The Bertz CT molecular complexity index is 1320. The second-order valence-corrected chi connectivity index (χ2v) is 9.57. The molecule has 3 N–H and O–H groups in total. The second-order valence-electron chi connectivity index (χ2n) is 7.37. The summed E-state index contributed by atoms with van der Waals surface area (Å²) in [5.74, 6) is -0.511. The van der Waals surface area contributed by atoms with E-state index in [0.717, 1.165) is 11.1 Å². The molecule has 3 amide bonds. The number of nitrogens with one attached hydrogen (secondary N) is 3. The fourth-order valence-electron chi connectivity index (χ4n) is 3.10. The standard InChI is InChI=1S/C25H21N5O3S2/c1-16(31)26-20-11-13-21(14-12-20)27-22(32)15-34-25-30-29-24(35-25)28-23(33)19-9-7-18(8-10-19)17-5-3-2-4-6-17/h2-14H,15H2,1H3,(H,26,31)(H,27,32)(H,28,29,33). The fraction of sp³-hybridized carbons (Fsp3) is 0.0800. The molecule has 0 aliphatic rings. The highest BCUT2D eigenvalue weighted by Crippen LogP contribution is 2.26. The molecule has 0 fully saturated rings. The summed E-state index contributed by atoms with van der Waals surface area (Å²) < 4.78 is 0.566. The monoisotopic (exact) mass is 503 g/mol. The van der Waals surface area contributed by atoms with Crippen LogP contribution in [0.15, 0.2) is 83.2 Å². The number of hydrogen-bond acceptors (Lipinski definition) is 7. The SMILES string of the molecule is CC(=O)Nc1ccc(NC(=O)CSc2nnc(NC(=O)c3ccc(-c4ccccc4)cc3)s2)cc1. The van der Waals surface area contributed by atoms with Crippen LogP contribution in [0.5, 0.6) is 0 Å². The van der Waals surface area contributed by atoms with E-state index in [0.29, 0.717) is 26.4 Å². The first-order chi connectivity index (χ1) is 17.0. The Morgan fingerprint density at radius 1 is 0.771 bits per heavy atom. The first-order valence-corrected chi connectivity index (χ1v) is 12.4. The average Bonchev–Trinajstić information content (AvgIpc) is 3.31. The third kappa shape index (κ3) is 6.98. The van der Waals surface area contributed by atoms with E-state index in [1.54, 1.807) is 36.4 Å². The molecular weight excluding hydrogens is 482 g/mol. The van der Waals surface area contributed by atoms with E-state index < -0.39 is 0 Å². The van der Waals surface area contributed by atoms with Crippen LogP contribution in [-0.2, 0) is 9.59 Å². The minimum absolute atomic E-state index is 0.136. The van der Waals surface area contributed by atoms with Gasteiger partial charge in [0.25, 0.3) is 5.91 Å². The van der Waals surface area contributed by atoms with E-state index in [1.807, 2.05) is 42.5 Å². The van der Waals surface area contributed by atoms with Crippen LogP contribution in [0.4, 0.5) is 16.5 Å². The van der Waals surface area contributed by atoms with E-state index >= 15 is 0 Å². The number of carbonyl (C=O) groups excluding carboxylic acids is 3. The van der Waals surface area contributed by atoms with Crippen LogP contribution in [-0.4, -0.2) is 33.7 Å². The van der Waals surface area contributed by atoms with E-state index in [4.69, 9.17) is 0 Å². The Morgan fingerprint density at radius 2 is 1.40 bits per heavy atom. The van der Waals surface area contributed by atoms with Crippen molar-refractivity contribution in [3.63, 3.8) is 0 Å². The minimum atomic E-state index is -0.280. The molecule has 0 spiro atoms. The molecule has 8 nitrogen and oxygen atoms in total. The van der Waals surface area contributed by atoms with Crippen LogP contribution in [0.2, 0.25) is 0 Å². The van der Waals surface area contributed by atoms with Crippen molar-refractivity contribution in [1.29, 1.82) is 0 Å². The van der Waals surface area contributed by atoms with Crippen molar-refractivity contribution in [3.05, 3.63) is 84.4 Å². The summed E-state index contributed by atoms with van der Waals surface area (Å²) in [6, 6.07) is 24.1. The van der Waals surface area contributed by atoms with Gasteiger partial charge in [-0.25, -0.2) is 0 Å². The Kier molecular flexibility index (Phi) is 7.86. The molecule has 0 saturated heterocycles. The molecule has 4 rings (SSSR count). The van der Waals surface area contributed by atoms with Crippen molar-refractivity contribution in [2.75, 3.05) is 21.7 Å². The lowest BCUT2D eigenvalue weighted by Gasteiger charge is -2.06. The second kappa shape index (κ2) is 11.4. The largest absolute Gasteiger partial charge is 0.326 e. The van der Waals surface area contributed by atoms with Gasteiger partial charge >= 0.3 is 0 Å². The number of aromatic nitrogens is 2. The summed E-state index contributed by atoms with van der Waals surface area (Å²) in [7, 11) is 0. The fourth-order valence-corrected chi connectivity index (χ4v) is 4.64. The number of carbonyl (C=O) groups is 3. The number of rotatable bonds is 8. The summed E-state index contributed by atoms with van der Waals surface area (Å²) in [6.07, 6.45) is 0. The Labute approximate surface area is 210 Å². The topological polar surface area (TPSA) is 113 Å². The number of amides is 3. The molecule has 3 aromatic carbocycles. The van der Waals surface area contributed by atoms with Crippen LogP contribution in [0.1, 0.15) is 17.3 Å². The molecule has 0 aliphatic carbocycles. The summed E-state index contributed by atoms with van der Waals surface area (Å²) in [6.45, 7) is 1.43. The summed E-state index contributed by atoms with van der Waals surface area (Å²) in [4.78, 5) is 35.9. The number of benzene rings is 3. The maximum Gasteiger partial charge on any atom is 0.257 e. The molecule has 1 heterocycles. The van der Waals surface area contributed by atoms with Gasteiger partial charge in [-0.15, -0.1) is 10.2 Å². The zero-order valence-corrected chi connectivity index (χ0v) is 20.3. The Balaban J connectivity index is 1.26. The first-order valence-electron chi connectivity index (χ1n) is 10.6. The van der Waals surface area contributed by atoms with Crippen LogP contribution < -0.4 is 16.0 Å². The van der Waals surface area contributed by atoms with Crippen molar-refractivity contribution in [1.82, 2.24) is 10.2 Å². The molecule has 0 saturated carbocycles. The van der Waals surface area contributed by atoms with Gasteiger partial charge in [0.2, 0.25) is 16.9 Å². The van der Waals surface area contributed by atoms with Gasteiger partial charge in [0.15, 0.2) is 4.34 Å². The number of nitrogens with zero attached hydrogens (tertiary/aromatic N) is 2. The van der Waals surface area contributed by atoms with Gasteiger partial charge in [-0.3, -0.25) is 19.7 Å². The van der Waals surface area contributed by atoms with Crippen molar-refractivity contribution in [2.24, 2.45) is 0 Å². The lowest BCUT2D eigenvalue weighted by molar-refractivity contribution is -0.114. The Hall–Kier alpha value is -4.02. The van der Waals surface area contributed by atoms with Crippen molar-refractivity contribution in [3.8, 4) is 11.1 Å². The highest BCUT2D eigenvalue weighted by Gasteiger charge is 2.12. The van der Waals surface area contributed by atoms with Crippen LogP contribution in [0.25, 0.3) is 11.1 Å². The van der Waals surface area contributed by atoms with E-state index in [1.165, 1.54) is 30.0 Å². The maximum absolute atomic E-state index is 12.6. The van der Waals surface area contributed by atoms with Gasteiger partial charge in [-0.1, -0.05) is 65.6 Å². The lowest BCUT2D eigenvalue weighted by Crippen LogP contribution is -2.14. The number of hydrogen-bond donors (Lipinski definition) is 3. The van der Waals surface area contributed by atoms with E-state index in [9.17, 15) is 14.4 Å². The van der Waals surface area contributed by atoms with Gasteiger partial charge in [0, 0.05) is 23.9 Å². The predicted octanol–water partition coefficient (Wildman–Crippen LogP) is 5.15.